The van der Waals surface area contributed by atoms with Crippen molar-refractivity contribution in [2.24, 2.45) is 17.8 Å². The maximum absolute atomic E-state index is 11.8. The van der Waals surface area contributed by atoms with Gasteiger partial charge in [-0.2, -0.15) is 0 Å². The van der Waals surface area contributed by atoms with Crippen molar-refractivity contribution in [3.63, 3.8) is 0 Å². The first-order valence-electron chi connectivity index (χ1n) is 4.95. The molecule has 1 saturated carbocycles. The van der Waals surface area contributed by atoms with Gasteiger partial charge in [0.1, 0.15) is 11.6 Å². The third kappa shape index (κ3) is 1.18. The fraction of sp³-hybridized carbons (Fsp3) is 0.600. The molecule has 1 N–H and O–H groups in total. The molecule has 74 valence electrons. The summed E-state index contributed by atoms with van der Waals surface area (Å²) in [6.45, 7) is 1.55. The molecular weight excluding hydrogens is 180 g/mol. The molecule has 14 heavy (non-hydrogen) atoms. The molecule has 3 rings (SSSR count). The Labute approximate surface area is 81.7 Å². The van der Waals surface area contributed by atoms with Gasteiger partial charge in [0.25, 0.3) is 0 Å². The number of nitrogens with zero attached hydrogens (tertiary/aromatic N) is 1. The van der Waals surface area contributed by atoms with Crippen molar-refractivity contribution in [3.8, 4) is 0 Å². The summed E-state index contributed by atoms with van der Waals surface area (Å²) in [5.41, 5.74) is 0. The van der Waals surface area contributed by atoms with E-state index >= 15 is 0 Å². The molecule has 1 saturated heterocycles. The predicted molar refractivity (Wildman–Crippen MR) is 48.6 cm³/mol. The van der Waals surface area contributed by atoms with Crippen molar-refractivity contribution >= 4 is 5.78 Å². The largest absolute Gasteiger partial charge is 0.381 e. The zero-order valence-corrected chi connectivity index (χ0v) is 7.77. The summed E-state index contributed by atoms with van der Waals surface area (Å²) in [5.74, 6) is 2.38. The van der Waals surface area contributed by atoms with Gasteiger partial charge < -0.3 is 9.72 Å². The number of rotatable bonds is 3. The number of ketones is 1. The summed E-state index contributed by atoms with van der Waals surface area (Å²) >= 11 is 0. The van der Waals surface area contributed by atoms with Crippen molar-refractivity contribution in [1.82, 2.24) is 9.97 Å². The van der Waals surface area contributed by atoms with E-state index in [1.807, 2.05) is 0 Å². The van der Waals surface area contributed by atoms with Gasteiger partial charge in [0.2, 0.25) is 0 Å². The van der Waals surface area contributed by atoms with Gasteiger partial charge in [-0.05, 0) is 11.8 Å². The van der Waals surface area contributed by atoms with E-state index in [-0.39, 0.29) is 5.92 Å². The van der Waals surface area contributed by atoms with Crippen LogP contribution in [0.15, 0.2) is 12.4 Å². The van der Waals surface area contributed by atoms with Gasteiger partial charge in [-0.1, -0.05) is 0 Å². The monoisotopic (exact) mass is 192 g/mol. The number of imidazole rings is 1. The van der Waals surface area contributed by atoms with Crippen LogP contribution in [0.3, 0.4) is 0 Å². The van der Waals surface area contributed by atoms with Crippen LogP contribution in [0, 0.1) is 17.8 Å². The lowest BCUT2D eigenvalue weighted by Crippen LogP contribution is -2.12. The van der Waals surface area contributed by atoms with E-state index in [0.717, 1.165) is 19.0 Å². The average molecular weight is 192 g/mol. The highest BCUT2D eigenvalue weighted by atomic mass is 16.5. The molecule has 0 bridgehead atoms. The van der Waals surface area contributed by atoms with Crippen LogP contribution in [-0.2, 0) is 16.0 Å². The minimum Gasteiger partial charge on any atom is -0.381 e. The highest BCUT2D eigenvalue weighted by Crippen LogP contribution is 2.51. The lowest BCUT2D eigenvalue weighted by Gasteiger charge is -2.01. The Morgan fingerprint density at radius 1 is 1.57 bits per heavy atom. The normalized spacial score (nSPS) is 34.1. The molecule has 2 heterocycles. The third-order valence-corrected chi connectivity index (χ3v) is 3.22. The van der Waals surface area contributed by atoms with Crippen LogP contribution in [0.5, 0.6) is 0 Å². The van der Waals surface area contributed by atoms with Gasteiger partial charge in [-0.25, -0.2) is 4.98 Å². The first-order valence-corrected chi connectivity index (χ1v) is 4.95. The Morgan fingerprint density at radius 2 is 2.36 bits per heavy atom. The highest BCUT2D eigenvalue weighted by Gasteiger charge is 2.57. The van der Waals surface area contributed by atoms with Gasteiger partial charge >= 0.3 is 0 Å². The van der Waals surface area contributed by atoms with E-state index in [4.69, 9.17) is 4.74 Å². The lowest BCUT2D eigenvalue weighted by atomic mass is 10.1. The molecule has 2 aliphatic rings. The molecular formula is C10H12N2O2. The molecule has 0 amide bonds. The molecule has 2 unspecified atom stereocenters. The van der Waals surface area contributed by atoms with Crippen LogP contribution in [-0.4, -0.2) is 29.0 Å². The number of aromatic amines is 1. The Kier molecular flexibility index (Phi) is 1.70. The van der Waals surface area contributed by atoms with Crippen LogP contribution in [0.4, 0.5) is 0 Å². The number of hydrogen-bond acceptors (Lipinski definition) is 3. The number of ether oxygens (including phenoxy) is 1. The van der Waals surface area contributed by atoms with E-state index in [2.05, 4.69) is 9.97 Å². The van der Waals surface area contributed by atoms with Crippen LogP contribution in [0.1, 0.15) is 5.82 Å². The predicted octanol–water partition coefficient (Wildman–Crippen LogP) is 0.414. The molecule has 0 aromatic carbocycles. The Bertz CT molecular complexity index is 337. The molecule has 0 spiro atoms. The zero-order chi connectivity index (χ0) is 9.54. The number of fused-ring (bicyclic) bond motifs is 1. The number of nitrogens with one attached hydrogen (secondary N) is 1. The number of hydrogen-bond donors (Lipinski definition) is 1. The fourth-order valence-electron chi connectivity index (χ4n) is 2.39. The molecule has 0 radical (unpaired) electrons. The minimum atomic E-state index is 0.258. The maximum atomic E-state index is 11.8. The van der Waals surface area contributed by atoms with Crippen molar-refractivity contribution < 1.29 is 9.53 Å². The molecule has 4 nitrogen and oxygen atoms in total. The van der Waals surface area contributed by atoms with E-state index in [0.29, 0.717) is 24.0 Å². The van der Waals surface area contributed by atoms with Gasteiger partial charge in [-0.15, -0.1) is 0 Å². The van der Waals surface area contributed by atoms with Crippen molar-refractivity contribution in [2.75, 3.05) is 13.2 Å². The molecule has 2 atom stereocenters. The summed E-state index contributed by atoms with van der Waals surface area (Å²) < 4.78 is 5.25. The van der Waals surface area contributed by atoms with Gasteiger partial charge in [0.05, 0.1) is 19.6 Å². The minimum absolute atomic E-state index is 0.258. The highest BCUT2D eigenvalue weighted by molar-refractivity contribution is 5.86. The Balaban J connectivity index is 1.62. The van der Waals surface area contributed by atoms with Gasteiger partial charge in [0, 0.05) is 18.3 Å². The van der Waals surface area contributed by atoms with E-state index in [1.54, 1.807) is 12.4 Å². The molecule has 1 aromatic heterocycles. The maximum Gasteiger partial charge on any atom is 0.144 e. The Hall–Kier alpha value is -1.16. The average Bonchev–Trinajstić information content (AvgIpc) is 2.63. The fourth-order valence-corrected chi connectivity index (χ4v) is 2.39. The van der Waals surface area contributed by atoms with Crippen molar-refractivity contribution in [1.29, 1.82) is 0 Å². The summed E-state index contributed by atoms with van der Waals surface area (Å²) in [6.07, 6.45) is 3.88. The van der Waals surface area contributed by atoms with Crippen molar-refractivity contribution in [2.45, 2.75) is 6.42 Å². The van der Waals surface area contributed by atoms with Gasteiger partial charge in [0.15, 0.2) is 0 Å². The van der Waals surface area contributed by atoms with Gasteiger partial charge in [-0.3, -0.25) is 4.79 Å². The van der Waals surface area contributed by atoms with Crippen LogP contribution in [0.25, 0.3) is 0 Å². The number of carbonyl (C=O) groups is 1. The first kappa shape index (κ1) is 8.17. The molecule has 1 aromatic rings. The number of H-pyrrole nitrogens is 1. The second-order valence-electron chi connectivity index (χ2n) is 4.07. The van der Waals surface area contributed by atoms with E-state index in [9.17, 15) is 4.79 Å². The second-order valence-corrected chi connectivity index (χ2v) is 4.07. The van der Waals surface area contributed by atoms with E-state index < -0.39 is 0 Å². The zero-order valence-electron chi connectivity index (χ0n) is 7.77. The van der Waals surface area contributed by atoms with Crippen LogP contribution >= 0.6 is 0 Å². The molecule has 1 aliphatic heterocycles. The summed E-state index contributed by atoms with van der Waals surface area (Å²) in [6, 6.07) is 0. The smallest absolute Gasteiger partial charge is 0.144 e. The van der Waals surface area contributed by atoms with E-state index in [1.165, 1.54) is 0 Å². The molecule has 4 heteroatoms. The SMILES string of the molecule is O=C(Cc1ncc[nH]1)C1C2COCC21. The number of Topliss-reactive ketones (excluding diaryl/α,β-unsaturated/α-hetero) is 1. The topological polar surface area (TPSA) is 55.0 Å². The molecule has 1 aliphatic carbocycles. The standard InChI is InChI=1S/C10H12N2O2/c13-8(3-9-11-1-2-12-9)10-6-4-14-5-7(6)10/h1-2,6-7,10H,3-5H2,(H,11,12). The first-order chi connectivity index (χ1) is 6.86. The quantitative estimate of drug-likeness (QED) is 0.754. The summed E-state index contributed by atoms with van der Waals surface area (Å²) in [7, 11) is 0. The Morgan fingerprint density at radius 3 is 3.00 bits per heavy atom. The summed E-state index contributed by atoms with van der Waals surface area (Å²) in [5, 5.41) is 0. The van der Waals surface area contributed by atoms with Crippen LogP contribution in [0.2, 0.25) is 0 Å². The van der Waals surface area contributed by atoms with Crippen LogP contribution < -0.4 is 0 Å². The number of aromatic nitrogens is 2. The number of carbonyl (C=O) groups excluding carboxylic acids is 1. The summed E-state index contributed by atoms with van der Waals surface area (Å²) in [4.78, 5) is 18.8. The lowest BCUT2D eigenvalue weighted by molar-refractivity contribution is -0.121. The molecule has 2 fully saturated rings. The third-order valence-electron chi connectivity index (χ3n) is 3.22. The second kappa shape index (κ2) is 2.92. The van der Waals surface area contributed by atoms with Crippen molar-refractivity contribution in [3.05, 3.63) is 18.2 Å².